The summed E-state index contributed by atoms with van der Waals surface area (Å²) in [6.45, 7) is 0.316. The summed E-state index contributed by atoms with van der Waals surface area (Å²) in [7, 11) is 1.54. The van der Waals surface area contributed by atoms with Gasteiger partial charge in [0.2, 0.25) is 5.91 Å². The number of ether oxygens (including phenoxy) is 1. The van der Waals surface area contributed by atoms with Crippen molar-refractivity contribution in [1.29, 1.82) is 0 Å². The van der Waals surface area contributed by atoms with Crippen molar-refractivity contribution in [2.75, 3.05) is 19.0 Å². The largest absolute Gasteiger partial charge is 0.380 e. The molecule has 0 saturated carbocycles. The lowest BCUT2D eigenvalue weighted by atomic mass is 10.2. The molecule has 9 heteroatoms. The Labute approximate surface area is 145 Å². The van der Waals surface area contributed by atoms with Gasteiger partial charge < -0.3 is 15.8 Å². The molecule has 0 radical (unpaired) electrons. The predicted molar refractivity (Wildman–Crippen MR) is 93.5 cm³/mol. The molecular formula is C12H15BrClN3O2S2. The van der Waals surface area contributed by atoms with E-state index in [0.717, 1.165) is 15.0 Å². The molecule has 0 aliphatic rings. The van der Waals surface area contributed by atoms with Gasteiger partial charge in [0.05, 0.1) is 23.1 Å². The molecule has 2 rings (SSSR count). The van der Waals surface area contributed by atoms with E-state index >= 15 is 0 Å². The van der Waals surface area contributed by atoms with Crippen LogP contribution in [0.5, 0.6) is 0 Å². The van der Waals surface area contributed by atoms with Crippen LogP contribution in [0.1, 0.15) is 6.42 Å². The van der Waals surface area contributed by atoms with E-state index in [2.05, 4.69) is 26.2 Å². The second-order valence-electron chi connectivity index (χ2n) is 4.01. The molecule has 21 heavy (non-hydrogen) atoms. The second kappa shape index (κ2) is 8.82. The average Bonchev–Trinajstić information content (AvgIpc) is 3.05. The molecule has 0 saturated heterocycles. The number of methoxy groups -OCH3 is 1. The molecule has 0 aromatic carbocycles. The van der Waals surface area contributed by atoms with E-state index in [-0.39, 0.29) is 30.8 Å². The van der Waals surface area contributed by atoms with Gasteiger partial charge in [-0.15, -0.1) is 35.1 Å². The van der Waals surface area contributed by atoms with Crippen LogP contribution in [0.2, 0.25) is 0 Å². The normalized spacial score (nSPS) is 11.8. The number of nitrogens with two attached hydrogens (primary N) is 1. The van der Waals surface area contributed by atoms with Crippen molar-refractivity contribution in [2.45, 2.75) is 12.5 Å². The third kappa shape index (κ3) is 5.32. The predicted octanol–water partition coefficient (Wildman–Crippen LogP) is 3.36. The quantitative estimate of drug-likeness (QED) is 0.762. The Hall–Kier alpha value is -0.510. The van der Waals surface area contributed by atoms with Crippen molar-refractivity contribution in [2.24, 2.45) is 5.73 Å². The van der Waals surface area contributed by atoms with Crippen LogP contribution in [0, 0.1) is 0 Å². The Bertz CT molecular complexity index is 587. The summed E-state index contributed by atoms with van der Waals surface area (Å²) in [4.78, 5) is 17.3. The first-order valence-electron chi connectivity index (χ1n) is 5.85. The van der Waals surface area contributed by atoms with Crippen LogP contribution in [0.15, 0.2) is 21.3 Å². The third-order valence-electron chi connectivity index (χ3n) is 2.58. The Morgan fingerprint density at radius 3 is 2.86 bits per heavy atom. The van der Waals surface area contributed by atoms with E-state index in [9.17, 15) is 4.79 Å². The highest BCUT2D eigenvalue weighted by atomic mass is 79.9. The number of anilines is 1. The number of halogens is 2. The molecule has 1 amide bonds. The molecule has 116 valence electrons. The van der Waals surface area contributed by atoms with Gasteiger partial charge in [0.15, 0.2) is 5.13 Å². The highest BCUT2D eigenvalue weighted by Crippen LogP contribution is 2.31. The third-order valence-corrected chi connectivity index (χ3v) is 5.05. The van der Waals surface area contributed by atoms with Crippen LogP contribution >= 0.6 is 51.0 Å². The lowest BCUT2D eigenvalue weighted by Gasteiger charge is -2.11. The zero-order valence-corrected chi connectivity index (χ0v) is 15.2. The summed E-state index contributed by atoms with van der Waals surface area (Å²) in [6.07, 6.45) is -0.0328. The molecule has 1 unspecified atom stereocenters. The molecule has 0 bridgehead atoms. The van der Waals surface area contributed by atoms with Gasteiger partial charge in [-0.05, 0) is 22.0 Å². The lowest BCUT2D eigenvalue weighted by molar-refractivity contribution is -0.118. The number of thiazole rings is 1. The topological polar surface area (TPSA) is 77.2 Å². The van der Waals surface area contributed by atoms with Crippen molar-refractivity contribution in [3.63, 3.8) is 0 Å². The molecule has 2 heterocycles. The molecule has 0 fully saturated rings. The first kappa shape index (κ1) is 18.5. The van der Waals surface area contributed by atoms with Crippen LogP contribution < -0.4 is 11.1 Å². The minimum Gasteiger partial charge on any atom is -0.380 e. The number of thiophene rings is 1. The molecule has 0 aliphatic heterocycles. The number of hydrogen-bond acceptors (Lipinski definition) is 6. The van der Waals surface area contributed by atoms with Gasteiger partial charge in [-0.25, -0.2) is 4.98 Å². The monoisotopic (exact) mass is 411 g/mol. The van der Waals surface area contributed by atoms with Crippen molar-refractivity contribution >= 4 is 62.0 Å². The maximum Gasteiger partial charge on any atom is 0.228 e. The summed E-state index contributed by atoms with van der Waals surface area (Å²) in [5.41, 5.74) is 6.35. The van der Waals surface area contributed by atoms with Gasteiger partial charge in [-0.1, -0.05) is 0 Å². The lowest BCUT2D eigenvalue weighted by Crippen LogP contribution is -2.28. The Morgan fingerprint density at radius 1 is 1.52 bits per heavy atom. The van der Waals surface area contributed by atoms with Crippen molar-refractivity contribution < 1.29 is 9.53 Å². The van der Waals surface area contributed by atoms with E-state index in [1.54, 1.807) is 18.4 Å². The first-order valence-corrected chi connectivity index (χ1v) is 8.40. The molecule has 2 aromatic heterocycles. The van der Waals surface area contributed by atoms with E-state index in [1.807, 2.05) is 16.8 Å². The Balaban J connectivity index is 0.00000220. The highest BCUT2D eigenvalue weighted by Gasteiger charge is 2.13. The summed E-state index contributed by atoms with van der Waals surface area (Å²) in [5.74, 6) is -0.143. The molecule has 5 nitrogen and oxygen atoms in total. The smallest absolute Gasteiger partial charge is 0.228 e. The van der Waals surface area contributed by atoms with Gasteiger partial charge >= 0.3 is 0 Å². The Kier molecular flexibility index (Phi) is 7.78. The van der Waals surface area contributed by atoms with Gasteiger partial charge in [0.25, 0.3) is 0 Å². The zero-order valence-electron chi connectivity index (χ0n) is 11.2. The van der Waals surface area contributed by atoms with Crippen molar-refractivity contribution in [1.82, 2.24) is 4.98 Å². The van der Waals surface area contributed by atoms with Crippen LogP contribution in [-0.4, -0.2) is 30.6 Å². The van der Waals surface area contributed by atoms with Crippen LogP contribution in [0.3, 0.4) is 0 Å². The summed E-state index contributed by atoms with van der Waals surface area (Å²) >= 11 is 6.41. The molecule has 0 spiro atoms. The number of hydrogen-bond donors (Lipinski definition) is 2. The molecule has 1 atom stereocenters. The van der Waals surface area contributed by atoms with Crippen molar-refractivity contribution in [3.8, 4) is 10.6 Å². The number of nitrogens with one attached hydrogen (secondary N) is 1. The first-order chi connectivity index (χ1) is 9.62. The van der Waals surface area contributed by atoms with Crippen LogP contribution in [0.4, 0.5) is 5.13 Å². The number of nitrogens with zero attached hydrogens (tertiary/aromatic N) is 1. The fraction of sp³-hybridized carbons (Fsp3) is 0.333. The summed E-state index contributed by atoms with van der Waals surface area (Å²) in [5, 5.41) is 7.27. The number of rotatable bonds is 6. The zero-order chi connectivity index (χ0) is 14.5. The SMILES string of the molecule is COC(CN)CC(=O)Nc1nc(-c2cc(Br)cs2)cs1.Cl. The Morgan fingerprint density at radius 2 is 2.29 bits per heavy atom. The number of carbonyl (C=O) groups excluding carboxylic acids is 1. The molecule has 0 aliphatic carbocycles. The molecule has 2 aromatic rings. The van der Waals surface area contributed by atoms with Crippen LogP contribution in [-0.2, 0) is 9.53 Å². The number of carbonyl (C=O) groups is 1. The fourth-order valence-corrected chi connectivity index (χ4v) is 3.72. The average molecular weight is 413 g/mol. The fourth-order valence-electron chi connectivity index (χ4n) is 1.53. The minimum absolute atomic E-state index is 0. The van der Waals surface area contributed by atoms with Crippen molar-refractivity contribution in [3.05, 3.63) is 21.3 Å². The number of amides is 1. The van der Waals surface area contributed by atoms with Crippen LogP contribution in [0.25, 0.3) is 10.6 Å². The highest BCUT2D eigenvalue weighted by molar-refractivity contribution is 9.10. The van der Waals surface area contributed by atoms with E-state index in [0.29, 0.717) is 11.7 Å². The number of aromatic nitrogens is 1. The summed E-state index contributed by atoms with van der Waals surface area (Å²) < 4.78 is 6.11. The van der Waals surface area contributed by atoms with E-state index in [1.165, 1.54) is 11.3 Å². The van der Waals surface area contributed by atoms with E-state index in [4.69, 9.17) is 10.5 Å². The maximum absolute atomic E-state index is 11.8. The molecular weight excluding hydrogens is 398 g/mol. The van der Waals surface area contributed by atoms with Gasteiger partial charge in [-0.2, -0.15) is 0 Å². The second-order valence-corrected chi connectivity index (χ2v) is 6.70. The van der Waals surface area contributed by atoms with E-state index < -0.39 is 0 Å². The standard InChI is InChI=1S/C12H14BrN3O2S2.ClH/c1-18-8(4-14)3-11(17)16-12-15-9(6-20-12)10-2-7(13)5-19-10;/h2,5-6,8H,3-4,14H2,1H3,(H,15,16,17);1H. The molecule has 3 N–H and O–H groups in total. The van der Waals surface area contributed by atoms with Gasteiger partial charge in [-0.3, -0.25) is 4.79 Å². The minimum atomic E-state index is -0.261. The van der Waals surface area contributed by atoms with Gasteiger partial charge in [0.1, 0.15) is 0 Å². The maximum atomic E-state index is 11.8. The van der Waals surface area contributed by atoms with Gasteiger partial charge in [0, 0.05) is 28.9 Å². The summed E-state index contributed by atoms with van der Waals surface area (Å²) in [6, 6.07) is 2.00.